The number of nitrogens with one attached hydrogen (secondary N) is 1. The average Bonchev–Trinajstić information content (AvgIpc) is 3.32. The van der Waals surface area contributed by atoms with Gasteiger partial charge in [0, 0.05) is 12.6 Å². The highest BCUT2D eigenvalue weighted by atomic mass is 32.2. The maximum atomic E-state index is 14.0. The number of nitrogens with zero attached hydrogens (tertiary/aromatic N) is 3. The maximum Gasteiger partial charge on any atom is 0.247 e. The van der Waals surface area contributed by atoms with Gasteiger partial charge in [0.15, 0.2) is 0 Å². The Morgan fingerprint density at radius 2 is 1.62 bits per heavy atom. The lowest BCUT2D eigenvalue weighted by molar-refractivity contribution is -0.141. The Morgan fingerprint density at radius 1 is 1.00 bits per heavy atom. The number of hydrogen-bond acceptors (Lipinski definition) is 6. The fourth-order valence-corrected chi connectivity index (χ4v) is 7.26. The highest BCUT2D eigenvalue weighted by molar-refractivity contribution is 7.89. The Bertz CT molecular complexity index is 1380. The van der Waals surface area contributed by atoms with E-state index in [2.05, 4.69) is 10.3 Å². The number of aromatic nitrogens is 1. The molecule has 37 heavy (non-hydrogen) atoms. The maximum absolute atomic E-state index is 14.0. The lowest BCUT2D eigenvalue weighted by atomic mass is 10.0. The zero-order valence-electron chi connectivity index (χ0n) is 20.4. The van der Waals surface area contributed by atoms with E-state index >= 15 is 0 Å². The molecule has 3 aromatic rings. The number of pyridine rings is 1. The van der Waals surface area contributed by atoms with Gasteiger partial charge in [-0.3, -0.25) is 9.59 Å². The van der Waals surface area contributed by atoms with E-state index in [1.54, 1.807) is 48.2 Å². The van der Waals surface area contributed by atoms with Crippen LogP contribution in [0.2, 0.25) is 0 Å². The number of carbonyl (C=O) groups is 2. The number of rotatable bonds is 6. The molecule has 10 heteroatoms. The number of anilines is 2. The topological polar surface area (TPSA) is 126 Å². The first-order chi connectivity index (χ1) is 17.8. The molecule has 1 aromatic heterocycles. The molecule has 0 unspecified atom stereocenters. The molecule has 2 aliphatic rings. The number of aryl methyl sites for hydroxylation is 1. The normalized spacial score (nSPS) is 20.2. The Morgan fingerprint density at radius 3 is 2.22 bits per heavy atom. The molecule has 2 aliphatic heterocycles. The number of carbonyl (C=O) groups excluding carboxylic acids is 2. The molecule has 2 saturated heterocycles. The predicted molar refractivity (Wildman–Crippen MR) is 141 cm³/mol. The van der Waals surface area contributed by atoms with Crippen molar-refractivity contribution in [3.63, 3.8) is 0 Å². The first-order valence-corrected chi connectivity index (χ1v) is 13.7. The minimum absolute atomic E-state index is 0.149. The summed E-state index contributed by atoms with van der Waals surface area (Å²) in [7, 11) is -3.93. The third-order valence-corrected chi connectivity index (χ3v) is 9.18. The molecule has 0 saturated carbocycles. The molecule has 2 fully saturated rings. The van der Waals surface area contributed by atoms with Crippen LogP contribution in [0.4, 0.5) is 11.5 Å². The van der Waals surface area contributed by atoms with E-state index in [0.29, 0.717) is 41.2 Å². The minimum atomic E-state index is -3.93. The molecule has 0 bridgehead atoms. The van der Waals surface area contributed by atoms with Crippen LogP contribution in [-0.4, -0.2) is 59.6 Å². The second-order valence-corrected chi connectivity index (χ2v) is 11.5. The van der Waals surface area contributed by atoms with Gasteiger partial charge in [-0.1, -0.05) is 60.7 Å². The van der Waals surface area contributed by atoms with Crippen LogP contribution in [0.25, 0.3) is 0 Å². The SMILES string of the molecule is Cc1nc(N)ccc1NC(=O)[C@@H]1CC[C@H]2CN(S(=O)(=O)C(c3ccccc3)c3ccccc3)CC(=O)N21. The molecule has 0 spiro atoms. The van der Waals surface area contributed by atoms with Gasteiger partial charge in [-0.25, -0.2) is 13.4 Å². The van der Waals surface area contributed by atoms with Crippen LogP contribution in [-0.2, 0) is 19.6 Å². The molecule has 9 nitrogen and oxygen atoms in total. The summed E-state index contributed by atoms with van der Waals surface area (Å²) in [4.78, 5) is 32.2. The van der Waals surface area contributed by atoms with Gasteiger partial charge in [0.2, 0.25) is 21.8 Å². The summed E-state index contributed by atoms with van der Waals surface area (Å²) in [5.41, 5.74) is 8.09. The third kappa shape index (κ3) is 4.82. The van der Waals surface area contributed by atoms with Gasteiger partial charge in [-0.05, 0) is 43.0 Å². The first kappa shape index (κ1) is 24.9. The van der Waals surface area contributed by atoms with Crippen LogP contribution < -0.4 is 11.1 Å². The molecule has 3 heterocycles. The summed E-state index contributed by atoms with van der Waals surface area (Å²) in [6.45, 7) is 1.59. The van der Waals surface area contributed by atoms with Crippen LogP contribution in [0.1, 0.15) is 34.9 Å². The number of amides is 2. The van der Waals surface area contributed by atoms with Crippen molar-refractivity contribution in [3.8, 4) is 0 Å². The predicted octanol–water partition coefficient (Wildman–Crippen LogP) is 2.71. The van der Waals surface area contributed by atoms with Crippen LogP contribution >= 0.6 is 0 Å². The summed E-state index contributed by atoms with van der Waals surface area (Å²) >= 11 is 0. The van der Waals surface area contributed by atoms with Crippen molar-refractivity contribution >= 4 is 33.3 Å². The monoisotopic (exact) mass is 519 g/mol. The van der Waals surface area contributed by atoms with E-state index in [-0.39, 0.29) is 30.9 Å². The standard InChI is InChI=1S/C27H29N5O4S/c1-18-22(13-15-24(28)29-18)30-27(34)23-14-12-21-16-31(17-25(33)32(21)23)37(35,36)26(19-8-4-2-5-9-19)20-10-6-3-7-11-20/h2-11,13,15,21,23,26H,12,14,16-17H2,1H3,(H2,28,29)(H,30,34)/t21-,23-/m0/s1. The Kier molecular flexibility index (Phi) is 6.70. The molecule has 0 radical (unpaired) electrons. The number of nitrogen functional groups attached to an aromatic ring is 1. The van der Waals surface area contributed by atoms with Crippen LogP contribution in [0.3, 0.4) is 0 Å². The second kappa shape index (κ2) is 9.95. The van der Waals surface area contributed by atoms with Gasteiger partial charge >= 0.3 is 0 Å². The smallest absolute Gasteiger partial charge is 0.247 e. The van der Waals surface area contributed by atoms with Gasteiger partial charge in [0.25, 0.3) is 0 Å². The van der Waals surface area contributed by atoms with Crippen molar-refractivity contribution in [1.29, 1.82) is 0 Å². The van der Waals surface area contributed by atoms with E-state index in [4.69, 9.17) is 5.73 Å². The van der Waals surface area contributed by atoms with Gasteiger partial charge in [0.1, 0.15) is 17.1 Å². The quantitative estimate of drug-likeness (QED) is 0.516. The van der Waals surface area contributed by atoms with E-state index < -0.39 is 21.3 Å². The molecule has 2 amide bonds. The van der Waals surface area contributed by atoms with Gasteiger partial charge in [-0.2, -0.15) is 4.31 Å². The van der Waals surface area contributed by atoms with Crippen molar-refractivity contribution in [2.75, 3.05) is 24.1 Å². The van der Waals surface area contributed by atoms with E-state index in [0.717, 1.165) is 0 Å². The van der Waals surface area contributed by atoms with Crippen LogP contribution in [0, 0.1) is 6.92 Å². The Balaban J connectivity index is 1.37. The summed E-state index contributed by atoms with van der Waals surface area (Å²) < 4.78 is 29.3. The zero-order valence-corrected chi connectivity index (χ0v) is 21.3. The molecule has 2 aromatic carbocycles. The molecule has 2 atom stereocenters. The highest BCUT2D eigenvalue weighted by Crippen LogP contribution is 2.36. The lowest BCUT2D eigenvalue weighted by Gasteiger charge is -2.40. The third-order valence-electron chi connectivity index (χ3n) is 7.05. The second-order valence-electron chi connectivity index (χ2n) is 9.45. The van der Waals surface area contributed by atoms with Crippen molar-refractivity contribution in [2.24, 2.45) is 0 Å². The van der Waals surface area contributed by atoms with Gasteiger partial charge in [-0.15, -0.1) is 0 Å². The van der Waals surface area contributed by atoms with Gasteiger partial charge < -0.3 is 16.0 Å². The fourth-order valence-electron chi connectivity index (χ4n) is 5.29. The number of fused-ring (bicyclic) bond motifs is 1. The lowest BCUT2D eigenvalue weighted by Crippen LogP contribution is -2.59. The van der Waals surface area contributed by atoms with E-state index in [1.165, 1.54) is 4.31 Å². The zero-order chi connectivity index (χ0) is 26.2. The van der Waals surface area contributed by atoms with E-state index in [1.807, 2.05) is 36.4 Å². The molecule has 0 aliphatic carbocycles. The fraction of sp³-hybridized carbons (Fsp3) is 0.296. The summed E-state index contributed by atoms with van der Waals surface area (Å²) in [6.07, 6.45) is 0.995. The summed E-state index contributed by atoms with van der Waals surface area (Å²) in [5.74, 6) is -0.328. The van der Waals surface area contributed by atoms with Crippen molar-refractivity contribution < 1.29 is 18.0 Å². The largest absolute Gasteiger partial charge is 0.384 e. The number of nitrogens with two attached hydrogens (primary N) is 1. The Hall–Kier alpha value is -3.76. The number of hydrogen-bond donors (Lipinski definition) is 2. The molecule has 3 N–H and O–H groups in total. The molecule has 192 valence electrons. The van der Waals surface area contributed by atoms with Gasteiger partial charge in [0.05, 0.1) is 17.9 Å². The highest BCUT2D eigenvalue weighted by Gasteiger charge is 2.48. The van der Waals surface area contributed by atoms with Crippen molar-refractivity contribution in [3.05, 3.63) is 89.6 Å². The van der Waals surface area contributed by atoms with Crippen LogP contribution in [0.15, 0.2) is 72.8 Å². The molecular formula is C27H29N5O4S. The Labute approximate surface area is 216 Å². The number of piperazine rings is 1. The summed E-state index contributed by atoms with van der Waals surface area (Å²) in [6, 6.07) is 20.3. The number of benzene rings is 2. The van der Waals surface area contributed by atoms with Crippen LogP contribution in [0.5, 0.6) is 0 Å². The first-order valence-electron chi connectivity index (χ1n) is 12.2. The molecular weight excluding hydrogens is 490 g/mol. The average molecular weight is 520 g/mol. The van der Waals surface area contributed by atoms with Crippen molar-refractivity contribution in [1.82, 2.24) is 14.2 Å². The summed E-state index contributed by atoms with van der Waals surface area (Å²) in [5, 5.41) is 1.92. The van der Waals surface area contributed by atoms with Crippen molar-refractivity contribution in [2.45, 2.75) is 37.1 Å². The minimum Gasteiger partial charge on any atom is -0.384 e. The number of sulfonamides is 1. The van der Waals surface area contributed by atoms with E-state index in [9.17, 15) is 18.0 Å². The molecule has 5 rings (SSSR count).